The second-order valence-corrected chi connectivity index (χ2v) is 9.86. The van der Waals surface area contributed by atoms with E-state index in [9.17, 15) is 18.0 Å². The van der Waals surface area contributed by atoms with E-state index in [0.717, 1.165) is 21.7 Å². The van der Waals surface area contributed by atoms with Crippen LogP contribution in [0.1, 0.15) is 31.4 Å². The average Bonchev–Trinajstić information content (AvgIpc) is 2.73. The fourth-order valence-corrected chi connectivity index (χ4v) is 4.50. The molecule has 0 heterocycles. The Hall–Kier alpha value is -2.58. The highest BCUT2D eigenvalue weighted by atomic mass is 35.5. The Balaban J connectivity index is 2.43. The van der Waals surface area contributed by atoms with Crippen molar-refractivity contribution in [2.75, 3.05) is 23.7 Å². The number of likely N-dealkylation sites (N-methyl/N-ethyl adjacent to an activating group) is 1. The monoisotopic (exact) mass is 479 g/mol. The molecule has 0 fully saturated rings. The van der Waals surface area contributed by atoms with Crippen molar-refractivity contribution in [3.05, 3.63) is 64.7 Å². The van der Waals surface area contributed by atoms with E-state index < -0.39 is 28.5 Å². The molecular weight excluding hydrogens is 450 g/mol. The molecule has 0 radical (unpaired) electrons. The molecule has 32 heavy (non-hydrogen) atoms. The number of aryl methyl sites for hydroxylation is 1. The lowest BCUT2D eigenvalue weighted by Gasteiger charge is -2.33. The summed E-state index contributed by atoms with van der Waals surface area (Å²) in [5, 5.41) is 2.98. The lowest BCUT2D eigenvalue weighted by atomic mass is 10.1. The fraction of sp³-hybridized carbons (Fsp3) is 0.391. The summed E-state index contributed by atoms with van der Waals surface area (Å²) in [6, 6.07) is 13.3. The topological polar surface area (TPSA) is 86.8 Å². The van der Waals surface area contributed by atoms with Crippen LogP contribution in [0.3, 0.4) is 0 Å². The Labute approximate surface area is 195 Å². The van der Waals surface area contributed by atoms with E-state index in [2.05, 4.69) is 5.32 Å². The third-order valence-corrected chi connectivity index (χ3v) is 6.46. The van der Waals surface area contributed by atoms with Crippen molar-refractivity contribution in [2.45, 2.75) is 39.8 Å². The molecule has 0 aliphatic rings. The molecule has 9 heteroatoms. The maximum absolute atomic E-state index is 13.5. The number of carbonyl (C=O) groups excluding carboxylic acids is 2. The minimum absolute atomic E-state index is 0.175. The van der Waals surface area contributed by atoms with Gasteiger partial charge in [-0.15, -0.1) is 0 Å². The van der Waals surface area contributed by atoms with Crippen LogP contribution in [0.2, 0.25) is 5.02 Å². The number of benzene rings is 2. The summed E-state index contributed by atoms with van der Waals surface area (Å²) in [5.74, 6) is -0.770. The predicted molar refractivity (Wildman–Crippen MR) is 128 cm³/mol. The molecule has 2 aromatic carbocycles. The number of nitrogens with one attached hydrogen (secondary N) is 1. The van der Waals surface area contributed by atoms with Gasteiger partial charge in [0, 0.05) is 13.1 Å². The molecule has 2 amide bonds. The Morgan fingerprint density at radius 3 is 2.22 bits per heavy atom. The molecule has 0 bridgehead atoms. The van der Waals surface area contributed by atoms with Crippen molar-refractivity contribution in [3.8, 4) is 0 Å². The highest BCUT2D eigenvalue weighted by Gasteiger charge is 2.32. The lowest BCUT2D eigenvalue weighted by Crippen LogP contribution is -2.52. The molecule has 0 aliphatic carbocycles. The first-order valence-electron chi connectivity index (χ1n) is 10.4. The Morgan fingerprint density at radius 2 is 1.69 bits per heavy atom. The SMILES string of the molecule is CCNC(=O)C(CC)N(Cc1ccc(C)cc1)C(=O)CN(c1ccccc1Cl)S(C)(=O)=O. The predicted octanol–water partition coefficient (Wildman–Crippen LogP) is 3.36. The number of hydrogen-bond acceptors (Lipinski definition) is 4. The third-order valence-electron chi connectivity index (χ3n) is 5.01. The van der Waals surface area contributed by atoms with E-state index >= 15 is 0 Å². The van der Waals surface area contributed by atoms with Crippen molar-refractivity contribution in [2.24, 2.45) is 0 Å². The molecule has 7 nitrogen and oxygen atoms in total. The summed E-state index contributed by atoms with van der Waals surface area (Å²) in [7, 11) is -3.81. The number of rotatable bonds is 10. The zero-order valence-electron chi connectivity index (χ0n) is 18.8. The first kappa shape index (κ1) is 25.7. The van der Waals surface area contributed by atoms with E-state index in [-0.39, 0.29) is 23.2 Å². The molecule has 2 aromatic rings. The van der Waals surface area contributed by atoms with Gasteiger partial charge in [-0.3, -0.25) is 13.9 Å². The molecule has 0 aromatic heterocycles. The van der Waals surface area contributed by atoms with Crippen LogP contribution in [-0.4, -0.2) is 50.5 Å². The summed E-state index contributed by atoms with van der Waals surface area (Å²) >= 11 is 6.22. The van der Waals surface area contributed by atoms with Crippen molar-refractivity contribution >= 4 is 39.1 Å². The Bertz CT molecular complexity index is 1040. The largest absolute Gasteiger partial charge is 0.355 e. The van der Waals surface area contributed by atoms with Crippen molar-refractivity contribution in [1.82, 2.24) is 10.2 Å². The van der Waals surface area contributed by atoms with E-state index in [1.165, 1.54) is 4.90 Å². The summed E-state index contributed by atoms with van der Waals surface area (Å²) in [5.41, 5.74) is 2.13. The Morgan fingerprint density at radius 1 is 1.06 bits per heavy atom. The molecule has 0 saturated carbocycles. The first-order valence-corrected chi connectivity index (χ1v) is 12.7. The number of nitrogens with zero attached hydrogens (tertiary/aromatic N) is 2. The van der Waals surface area contributed by atoms with Gasteiger partial charge in [0.2, 0.25) is 21.8 Å². The van der Waals surface area contributed by atoms with Crippen LogP contribution in [0.5, 0.6) is 0 Å². The van der Waals surface area contributed by atoms with Gasteiger partial charge in [0.1, 0.15) is 12.6 Å². The fourth-order valence-electron chi connectivity index (χ4n) is 3.35. The molecule has 1 atom stereocenters. The van der Waals surface area contributed by atoms with Crippen molar-refractivity contribution < 1.29 is 18.0 Å². The van der Waals surface area contributed by atoms with E-state index in [4.69, 9.17) is 11.6 Å². The quantitative estimate of drug-likeness (QED) is 0.566. The van der Waals surface area contributed by atoms with Crippen LogP contribution in [0, 0.1) is 6.92 Å². The summed E-state index contributed by atoms with van der Waals surface area (Å²) in [4.78, 5) is 27.6. The van der Waals surface area contributed by atoms with Gasteiger partial charge in [-0.05, 0) is 38.0 Å². The Kier molecular flexibility index (Phi) is 9.09. The van der Waals surface area contributed by atoms with Crippen LogP contribution >= 0.6 is 11.6 Å². The van der Waals surface area contributed by atoms with Crippen molar-refractivity contribution in [1.29, 1.82) is 0 Å². The molecule has 174 valence electrons. The van der Waals surface area contributed by atoms with Gasteiger partial charge in [0.15, 0.2) is 0 Å². The third kappa shape index (κ3) is 6.71. The number of carbonyl (C=O) groups is 2. The van der Waals surface area contributed by atoms with Crippen LogP contribution in [-0.2, 0) is 26.2 Å². The molecular formula is C23H30ClN3O4S. The molecule has 1 unspecified atom stereocenters. The highest BCUT2D eigenvalue weighted by molar-refractivity contribution is 7.92. The number of halogens is 1. The smallest absolute Gasteiger partial charge is 0.244 e. The zero-order chi connectivity index (χ0) is 23.9. The number of para-hydroxylation sites is 1. The van der Waals surface area contributed by atoms with E-state index in [1.807, 2.05) is 38.1 Å². The number of sulfonamides is 1. The van der Waals surface area contributed by atoms with Gasteiger partial charge in [0.25, 0.3) is 0 Å². The number of amides is 2. The summed E-state index contributed by atoms with van der Waals surface area (Å²) in [6.45, 7) is 5.72. The van der Waals surface area contributed by atoms with Gasteiger partial charge in [0.05, 0.1) is 17.0 Å². The normalized spacial score (nSPS) is 12.2. The minimum atomic E-state index is -3.81. The number of hydrogen-bond donors (Lipinski definition) is 1. The van der Waals surface area contributed by atoms with Crippen LogP contribution in [0.15, 0.2) is 48.5 Å². The second-order valence-electron chi connectivity index (χ2n) is 7.55. The van der Waals surface area contributed by atoms with Gasteiger partial charge in [-0.25, -0.2) is 8.42 Å². The standard InChI is InChI=1S/C23H30ClN3O4S/c1-5-20(23(29)25-6-2)26(15-18-13-11-17(3)12-14-18)22(28)16-27(32(4,30)31)21-10-8-7-9-19(21)24/h7-14,20H,5-6,15-16H2,1-4H3,(H,25,29). The zero-order valence-corrected chi connectivity index (χ0v) is 20.4. The molecule has 0 aliphatic heterocycles. The van der Waals surface area contributed by atoms with Crippen molar-refractivity contribution in [3.63, 3.8) is 0 Å². The minimum Gasteiger partial charge on any atom is -0.355 e. The maximum atomic E-state index is 13.5. The highest BCUT2D eigenvalue weighted by Crippen LogP contribution is 2.27. The molecule has 0 spiro atoms. The van der Waals surface area contributed by atoms with Crippen LogP contribution in [0.25, 0.3) is 0 Å². The second kappa shape index (κ2) is 11.3. The number of anilines is 1. The van der Waals surface area contributed by atoms with Gasteiger partial charge in [-0.2, -0.15) is 0 Å². The van der Waals surface area contributed by atoms with E-state index in [0.29, 0.717) is 13.0 Å². The molecule has 1 N–H and O–H groups in total. The first-order chi connectivity index (χ1) is 15.1. The van der Waals surface area contributed by atoms with Gasteiger partial charge >= 0.3 is 0 Å². The molecule has 2 rings (SSSR count). The maximum Gasteiger partial charge on any atom is 0.244 e. The average molecular weight is 480 g/mol. The van der Waals surface area contributed by atoms with Crippen LogP contribution < -0.4 is 9.62 Å². The van der Waals surface area contributed by atoms with E-state index in [1.54, 1.807) is 31.2 Å². The van der Waals surface area contributed by atoms with Gasteiger partial charge in [-0.1, -0.05) is 60.5 Å². The summed E-state index contributed by atoms with van der Waals surface area (Å²) in [6.07, 6.45) is 1.41. The van der Waals surface area contributed by atoms with Crippen LogP contribution in [0.4, 0.5) is 5.69 Å². The lowest BCUT2D eigenvalue weighted by molar-refractivity contribution is -0.140. The van der Waals surface area contributed by atoms with Gasteiger partial charge < -0.3 is 10.2 Å². The summed E-state index contributed by atoms with van der Waals surface area (Å²) < 4.78 is 26.0. The molecule has 0 saturated heterocycles.